The number of halogens is 2. The first-order valence-electron chi connectivity index (χ1n) is 6.51. The van der Waals surface area contributed by atoms with Crippen LogP contribution in [0.2, 0.25) is 0 Å². The van der Waals surface area contributed by atoms with Crippen molar-refractivity contribution < 1.29 is 4.74 Å². The summed E-state index contributed by atoms with van der Waals surface area (Å²) < 4.78 is 8.69. The standard InChI is InChI=1S/C15H14BrClN2OS/c1-9(17)15-18-14-11(4-3-5-12(14)20-2)19(15)8-10-6-7-13(16)21-10/h3-7,9H,8H2,1-2H3. The maximum absolute atomic E-state index is 6.32. The van der Waals surface area contributed by atoms with E-state index in [0.29, 0.717) is 0 Å². The van der Waals surface area contributed by atoms with Gasteiger partial charge >= 0.3 is 0 Å². The van der Waals surface area contributed by atoms with E-state index in [0.717, 1.165) is 32.9 Å². The number of aromatic nitrogens is 2. The fourth-order valence-electron chi connectivity index (χ4n) is 2.37. The number of hydrogen-bond donors (Lipinski definition) is 0. The number of imidazole rings is 1. The third-order valence-electron chi connectivity index (χ3n) is 3.29. The lowest BCUT2D eigenvalue weighted by molar-refractivity contribution is 0.419. The largest absolute Gasteiger partial charge is 0.494 e. The maximum Gasteiger partial charge on any atom is 0.146 e. The molecule has 0 aliphatic carbocycles. The lowest BCUT2D eigenvalue weighted by atomic mass is 10.3. The quantitative estimate of drug-likeness (QED) is 0.576. The minimum atomic E-state index is -0.162. The number of alkyl halides is 1. The molecule has 0 radical (unpaired) electrons. The molecule has 1 aromatic carbocycles. The summed E-state index contributed by atoms with van der Waals surface area (Å²) in [5, 5.41) is -0.162. The first kappa shape index (κ1) is 14.9. The van der Waals surface area contributed by atoms with Crippen LogP contribution >= 0.6 is 38.9 Å². The first-order chi connectivity index (χ1) is 10.1. The van der Waals surface area contributed by atoms with Crippen molar-refractivity contribution >= 4 is 49.9 Å². The Labute approximate surface area is 140 Å². The number of nitrogens with zero attached hydrogens (tertiary/aromatic N) is 2. The highest BCUT2D eigenvalue weighted by Gasteiger charge is 2.18. The monoisotopic (exact) mass is 384 g/mol. The van der Waals surface area contributed by atoms with E-state index in [2.05, 4.69) is 43.7 Å². The summed E-state index contributed by atoms with van der Waals surface area (Å²) in [5.74, 6) is 1.64. The third-order valence-corrected chi connectivity index (χ3v) is 5.09. The van der Waals surface area contributed by atoms with Gasteiger partial charge in [0.25, 0.3) is 0 Å². The van der Waals surface area contributed by atoms with Crippen LogP contribution in [0.4, 0.5) is 0 Å². The maximum atomic E-state index is 6.32. The Morgan fingerprint density at radius 2 is 2.19 bits per heavy atom. The van der Waals surface area contributed by atoms with E-state index < -0.39 is 0 Å². The van der Waals surface area contributed by atoms with E-state index in [-0.39, 0.29) is 5.38 Å². The van der Waals surface area contributed by atoms with Gasteiger partial charge in [0, 0.05) is 4.88 Å². The Kier molecular flexibility index (Phi) is 4.24. The zero-order chi connectivity index (χ0) is 15.0. The first-order valence-corrected chi connectivity index (χ1v) is 8.56. The summed E-state index contributed by atoms with van der Waals surface area (Å²) in [4.78, 5) is 5.94. The van der Waals surface area contributed by atoms with Crippen molar-refractivity contribution in [2.45, 2.75) is 18.8 Å². The molecular weight excluding hydrogens is 372 g/mol. The SMILES string of the molecule is COc1cccc2c1nc(C(C)Cl)n2Cc1ccc(Br)s1. The molecule has 0 spiro atoms. The van der Waals surface area contributed by atoms with E-state index in [9.17, 15) is 0 Å². The van der Waals surface area contributed by atoms with Crippen molar-refractivity contribution in [2.75, 3.05) is 7.11 Å². The number of para-hydroxylation sites is 1. The lowest BCUT2D eigenvalue weighted by Gasteiger charge is -2.09. The molecule has 0 saturated heterocycles. The van der Waals surface area contributed by atoms with Gasteiger partial charge in [-0.3, -0.25) is 0 Å². The zero-order valence-corrected chi connectivity index (χ0v) is 14.8. The van der Waals surface area contributed by atoms with Crippen LogP contribution in [0.15, 0.2) is 34.1 Å². The molecule has 3 aromatic rings. The normalized spacial score (nSPS) is 12.8. The van der Waals surface area contributed by atoms with Crippen LogP contribution in [0, 0.1) is 0 Å². The Bertz CT molecular complexity index is 781. The van der Waals surface area contributed by atoms with Gasteiger partial charge < -0.3 is 9.30 Å². The van der Waals surface area contributed by atoms with Gasteiger partial charge in [-0.15, -0.1) is 22.9 Å². The van der Waals surface area contributed by atoms with Gasteiger partial charge in [0.15, 0.2) is 0 Å². The molecule has 6 heteroatoms. The van der Waals surface area contributed by atoms with E-state index in [1.165, 1.54) is 4.88 Å². The Hall–Kier alpha value is -1.04. The Morgan fingerprint density at radius 1 is 1.38 bits per heavy atom. The second-order valence-corrected chi connectivity index (χ2v) is 7.91. The topological polar surface area (TPSA) is 27.1 Å². The molecule has 110 valence electrons. The van der Waals surface area contributed by atoms with Crippen LogP contribution in [0.25, 0.3) is 11.0 Å². The fourth-order valence-corrected chi connectivity index (χ4v) is 4.01. The van der Waals surface area contributed by atoms with E-state index in [4.69, 9.17) is 16.3 Å². The number of methoxy groups -OCH3 is 1. The van der Waals surface area contributed by atoms with Crippen molar-refractivity contribution in [1.82, 2.24) is 9.55 Å². The Morgan fingerprint density at radius 3 is 2.81 bits per heavy atom. The van der Waals surface area contributed by atoms with Gasteiger partial charge in [-0.25, -0.2) is 4.98 Å². The molecule has 0 aliphatic heterocycles. The molecule has 0 bridgehead atoms. The summed E-state index contributed by atoms with van der Waals surface area (Å²) in [5.41, 5.74) is 1.90. The average molecular weight is 386 g/mol. The lowest BCUT2D eigenvalue weighted by Crippen LogP contribution is -2.04. The minimum Gasteiger partial charge on any atom is -0.494 e. The molecule has 0 saturated carbocycles. The highest BCUT2D eigenvalue weighted by Crippen LogP contribution is 2.32. The van der Waals surface area contributed by atoms with Gasteiger partial charge in [-0.05, 0) is 47.1 Å². The molecular formula is C15H14BrClN2OS. The van der Waals surface area contributed by atoms with Crippen molar-refractivity contribution in [3.05, 3.63) is 44.8 Å². The number of fused-ring (bicyclic) bond motifs is 1. The molecule has 0 aliphatic rings. The van der Waals surface area contributed by atoms with Crippen LogP contribution in [0.3, 0.4) is 0 Å². The van der Waals surface area contributed by atoms with Crippen LogP contribution in [-0.4, -0.2) is 16.7 Å². The molecule has 3 rings (SSSR count). The molecule has 21 heavy (non-hydrogen) atoms. The summed E-state index contributed by atoms with van der Waals surface area (Å²) >= 11 is 11.5. The molecule has 1 unspecified atom stereocenters. The molecule has 1 atom stereocenters. The van der Waals surface area contributed by atoms with Crippen LogP contribution in [-0.2, 0) is 6.54 Å². The predicted octanol–water partition coefficient (Wildman–Crippen LogP) is 5.22. The van der Waals surface area contributed by atoms with Crippen molar-refractivity contribution in [1.29, 1.82) is 0 Å². The number of thiophene rings is 1. The van der Waals surface area contributed by atoms with Gasteiger partial charge in [0.2, 0.25) is 0 Å². The van der Waals surface area contributed by atoms with Gasteiger partial charge in [0.05, 0.1) is 28.3 Å². The van der Waals surface area contributed by atoms with Gasteiger partial charge in [-0.2, -0.15) is 0 Å². The van der Waals surface area contributed by atoms with E-state index in [1.807, 2.05) is 19.1 Å². The molecule has 0 amide bonds. The number of rotatable bonds is 4. The van der Waals surface area contributed by atoms with Crippen molar-refractivity contribution in [2.24, 2.45) is 0 Å². The smallest absolute Gasteiger partial charge is 0.146 e. The van der Waals surface area contributed by atoms with Crippen molar-refractivity contribution in [3.8, 4) is 5.75 Å². The minimum absolute atomic E-state index is 0.162. The Balaban J connectivity index is 2.16. The van der Waals surface area contributed by atoms with Gasteiger partial charge in [0.1, 0.15) is 17.1 Å². The molecule has 2 heterocycles. The number of benzene rings is 1. The second-order valence-electron chi connectivity index (χ2n) is 4.71. The molecule has 2 aromatic heterocycles. The predicted molar refractivity (Wildman–Crippen MR) is 91.7 cm³/mol. The molecule has 3 nitrogen and oxygen atoms in total. The van der Waals surface area contributed by atoms with E-state index in [1.54, 1.807) is 18.4 Å². The van der Waals surface area contributed by atoms with Crippen LogP contribution in [0.1, 0.15) is 23.0 Å². The fraction of sp³-hybridized carbons (Fsp3) is 0.267. The van der Waals surface area contributed by atoms with Crippen LogP contribution < -0.4 is 4.74 Å². The summed E-state index contributed by atoms with van der Waals surface area (Å²) in [6.45, 7) is 2.70. The van der Waals surface area contributed by atoms with Crippen LogP contribution in [0.5, 0.6) is 5.75 Å². The second kappa shape index (κ2) is 5.99. The van der Waals surface area contributed by atoms with Gasteiger partial charge in [-0.1, -0.05) is 6.07 Å². The zero-order valence-electron chi connectivity index (χ0n) is 11.6. The highest BCUT2D eigenvalue weighted by molar-refractivity contribution is 9.11. The summed E-state index contributed by atoms with van der Waals surface area (Å²) in [7, 11) is 1.66. The third kappa shape index (κ3) is 2.82. The molecule has 0 N–H and O–H groups in total. The summed E-state index contributed by atoms with van der Waals surface area (Å²) in [6.07, 6.45) is 0. The molecule has 0 fully saturated rings. The highest BCUT2D eigenvalue weighted by atomic mass is 79.9. The average Bonchev–Trinajstić information content (AvgIpc) is 3.03. The number of hydrogen-bond acceptors (Lipinski definition) is 3. The van der Waals surface area contributed by atoms with Crippen molar-refractivity contribution in [3.63, 3.8) is 0 Å². The summed E-state index contributed by atoms with van der Waals surface area (Å²) in [6, 6.07) is 10.1. The van der Waals surface area contributed by atoms with E-state index >= 15 is 0 Å². The number of ether oxygens (including phenoxy) is 1.